The molecule has 0 saturated carbocycles. The zero-order valence-electron chi connectivity index (χ0n) is 15.9. The van der Waals surface area contributed by atoms with E-state index in [1.807, 2.05) is 49.4 Å². The van der Waals surface area contributed by atoms with Crippen LogP contribution in [0.4, 0.5) is 5.69 Å². The first kappa shape index (κ1) is 19.7. The fourth-order valence-electron chi connectivity index (χ4n) is 2.82. The Morgan fingerprint density at radius 2 is 2.04 bits per heavy atom. The summed E-state index contributed by atoms with van der Waals surface area (Å²) in [5.41, 5.74) is 3.61. The first-order valence-electron chi connectivity index (χ1n) is 9.28. The first-order chi connectivity index (χ1) is 13.6. The molecule has 28 heavy (non-hydrogen) atoms. The first-order valence-corrected chi connectivity index (χ1v) is 9.28. The summed E-state index contributed by atoms with van der Waals surface area (Å²) < 4.78 is 1.62. The molecule has 0 saturated heterocycles. The molecule has 0 bridgehead atoms. The molecular formula is C21H25N5O2. The minimum absolute atomic E-state index is 0.109. The topological polar surface area (TPSA) is 92.1 Å². The smallest absolute Gasteiger partial charge is 0.246 e. The minimum atomic E-state index is -0.565. The molecule has 7 heteroatoms. The van der Waals surface area contributed by atoms with E-state index >= 15 is 0 Å². The van der Waals surface area contributed by atoms with Gasteiger partial charge in [-0.3, -0.25) is 14.5 Å². The van der Waals surface area contributed by atoms with E-state index in [2.05, 4.69) is 20.7 Å². The van der Waals surface area contributed by atoms with Crippen molar-refractivity contribution in [3.63, 3.8) is 0 Å². The van der Waals surface area contributed by atoms with Crippen molar-refractivity contribution in [2.45, 2.75) is 26.0 Å². The van der Waals surface area contributed by atoms with Gasteiger partial charge in [0, 0.05) is 36.4 Å². The number of amides is 1. The van der Waals surface area contributed by atoms with E-state index in [1.54, 1.807) is 23.3 Å². The van der Waals surface area contributed by atoms with Crippen LogP contribution in [-0.4, -0.2) is 38.9 Å². The van der Waals surface area contributed by atoms with Crippen LogP contribution in [0.1, 0.15) is 22.9 Å². The van der Waals surface area contributed by atoms with Crippen LogP contribution < -0.4 is 10.6 Å². The van der Waals surface area contributed by atoms with Gasteiger partial charge < -0.3 is 15.7 Å². The van der Waals surface area contributed by atoms with Gasteiger partial charge in [0.25, 0.3) is 0 Å². The normalized spacial score (nSPS) is 11.9. The van der Waals surface area contributed by atoms with E-state index in [1.165, 1.54) is 0 Å². The zero-order valence-corrected chi connectivity index (χ0v) is 15.9. The molecule has 1 atom stereocenters. The van der Waals surface area contributed by atoms with Crippen molar-refractivity contribution in [2.24, 2.45) is 0 Å². The van der Waals surface area contributed by atoms with Gasteiger partial charge in [-0.25, -0.2) is 0 Å². The number of rotatable bonds is 9. The van der Waals surface area contributed by atoms with Crippen LogP contribution >= 0.6 is 0 Å². The predicted molar refractivity (Wildman–Crippen MR) is 108 cm³/mol. The van der Waals surface area contributed by atoms with Gasteiger partial charge in [-0.05, 0) is 49.7 Å². The van der Waals surface area contributed by atoms with Gasteiger partial charge in [0.1, 0.15) is 6.54 Å². The molecule has 0 aliphatic rings. The summed E-state index contributed by atoms with van der Waals surface area (Å²) >= 11 is 0. The average Bonchev–Trinajstić information content (AvgIpc) is 3.11. The van der Waals surface area contributed by atoms with Gasteiger partial charge in [-0.15, -0.1) is 0 Å². The third-order valence-electron chi connectivity index (χ3n) is 4.31. The Bertz CT molecular complexity index is 877. The van der Waals surface area contributed by atoms with E-state index in [0.29, 0.717) is 6.54 Å². The van der Waals surface area contributed by atoms with Crippen molar-refractivity contribution in [1.82, 2.24) is 20.1 Å². The van der Waals surface area contributed by atoms with Gasteiger partial charge in [0.05, 0.1) is 11.8 Å². The third-order valence-corrected chi connectivity index (χ3v) is 4.31. The van der Waals surface area contributed by atoms with Crippen LogP contribution in [0.2, 0.25) is 0 Å². The molecule has 1 amide bonds. The molecule has 3 N–H and O–H groups in total. The van der Waals surface area contributed by atoms with Crippen molar-refractivity contribution in [3.8, 4) is 0 Å². The fraction of sp³-hybridized carbons (Fsp3) is 0.286. The van der Waals surface area contributed by atoms with E-state index in [-0.39, 0.29) is 12.5 Å². The quantitative estimate of drug-likeness (QED) is 0.495. The number of hydrogen-bond acceptors (Lipinski definition) is 5. The summed E-state index contributed by atoms with van der Waals surface area (Å²) in [7, 11) is 0. The van der Waals surface area contributed by atoms with Crippen LogP contribution in [0.3, 0.4) is 0 Å². The summed E-state index contributed by atoms with van der Waals surface area (Å²) in [5, 5.41) is 20.4. The second-order valence-electron chi connectivity index (χ2n) is 6.66. The zero-order chi connectivity index (χ0) is 19.8. The Morgan fingerprint density at radius 1 is 1.21 bits per heavy atom. The monoisotopic (exact) mass is 379 g/mol. The molecule has 0 unspecified atom stereocenters. The lowest BCUT2D eigenvalue weighted by atomic mass is 10.1. The molecule has 146 valence electrons. The van der Waals surface area contributed by atoms with Gasteiger partial charge in [0.15, 0.2) is 0 Å². The SMILES string of the molecule is Cc1ccn(CC(=O)Nc2ccc(CCNC[C@H](O)c3cccnc3)cc2)n1. The highest BCUT2D eigenvalue weighted by molar-refractivity contribution is 5.90. The molecule has 3 aromatic rings. The van der Waals surface area contributed by atoms with Crippen molar-refractivity contribution >= 4 is 11.6 Å². The van der Waals surface area contributed by atoms with Gasteiger partial charge in [-0.1, -0.05) is 18.2 Å². The van der Waals surface area contributed by atoms with E-state index < -0.39 is 6.10 Å². The number of carbonyl (C=O) groups excluding carboxylic acids is 1. The molecular weight excluding hydrogens is 354 g/mol. The maximum Gasteiger partial charge on any atom is 0.246 e. The largest absolute Gasteiger partial charge is 0.387 e. The lowest BCUT2D eigenvalue weighted by molar-refractivity contribution is -0.116. The van der Waals surface area contributed by atoms with Crippen molar-refractivity contribution < 1.29 is 9.90 Å². The Hall–Kier alpha value is -3.03. The lowest BCUT2D eigenvalue weighted by Crippen LogP contribution is -2.23. The summed E-state index contributed by atoms with van der Waals surface area (Å²) in [6, 6.07) is 13.3. The number of aliphatic hydroxyl groups excluding tert-OH is 1. The average molecular weight is 379 g/mol. The number of pyridine rings is 1. The number of anilines is 1. The standard InChI is InChI=1S/C21H25N5O2/c1-16-9-12-26(25-16)15-21(28)24-19-6-4-17(5-7-19)8-11-23-14-20(27)18-3-2-10-22-13-18/h2-7,9-10,12-13,20,23,27H,8,11,14-15H2,1H3,(H,24,28)/t20-/m0/s1. The number of nitrogens with zero attached hydrogens (tertiary/aromatic N) is 3. The van der Waals surface area contributed by atoms with Crippen molar-refractivity contribution in [2.75, 3.05) is 18.4 Å². The molecule has 7 nitrogen and oxygen atoms in total. The Kier molecular flexibility index (Phi) is 6.89. The fourth-order valence-corrected chi connectivity index (χ4v) is 2.82. The number of nitrogens with one attached hydrogen (secondary N) is 2. The lowest BCUT2D eigenvalue weighted by Gasteiger charge is -2.12. The van der Waals surface area contributed by atoms with Crippen LogP contribution in [0.25, 0.3) is 0 Å². The minimum Gasteiger partial charge on any atom is -0.387 e. The number of carbonyl (C=O) groups is 1. The number of aromatic nitrogens is 3. The van der Waals surface area contributed by atoms with Crippen LogP contribution in [0.5, 0.6) is 0 Å². The van der Waals surface area contributed by atoms with Gasteiger partial charge in [-0.2, -0.15) is 5.10 Å². The van der Waals surface area contributed by atoms with E-state index in [9.17, 15) is 9.90 Å². The molecule has 0 radical (unpaired) electrons. The van der Waals surface area contributed by atoms with E-state index in [0.717, 1.165) is 35.5 Å². The van der Waals surface area contributed by atoms with E-state index in [4.69, 9.17) is 0 Å². The summed E-state index contributed by atoms with van der Waals surface area (Å²) in [4.78, 5) is 16.1. The highest BCUT2D eigenvalue weighted by atomic mass is 16.3. The Balaban J connectivity index is 1.38. The summed E-state index contributed by atoms with van der Waals surface area (Å²) in [5.74, 6) is -0.109. The molecule has 0 aliphatic carbocycles. The third kappa shape index (κ3) is 6.00. The summed E-state index contributed by atoms with van der Waals surface area (Å²) in [6.45, 7) is 3.31. The summed E-state index contributed by atoms with van der Waals surface area (Å²) in [6.07, 6.45) is 5.42. The number of hydrogen-bond donors (Lipinski definition) is 3. The molecule has 0 aliphatic heterocycles. The van der Waals surface area contributed by atoms with Crippen molar-refractivity contribution in [1.29, 1.82) is 0 Å². The van der Waals surface area contributed by atoms with Crippen LogP contribution in [-0.2, 0) is 17.8 Å². The Labute approximate surface area is 164 Å². The molecule has 0 spiro atoms. The maximum atomic E-state index is 12.1. The van der Waals surface area contributed by atoms with Gasteiger partial charge in [0.2, 0.25) is 5.91 Å². The molecule has 3 rings (SSSR count). The number of benzene rings is 1. The maximum absolute atomic E-state index is 12.1. The molecule has 2 aromatic heterocycles. The highest BCUT2D eigenvalue weighted by Gasteiger charge is 2.07. The highest BCUT2D eigenvalue weighted by Crippen LogP contribution is 2.11. The number of aryl methyl sites for hydroxylation is 1. The number of aliphatic hydroxyl groups is 1. The molecule has 0 fully saturated rings. The van der Waals surface area contributed by atoms with Crippen LogP contribution in [0, 0.1) is 6.92 Å². The molecule has 2 heterocycles. The molecule has 1 aromatic carbocycles. The second kappa shape index (κ2) is 9.77. The second-order valence-corrected chi connectivity index (χ2v) is 6.66. The van der Waals surface area contributed by atoms with Crippen LogP contribution in [0.15, 0.2) is 61.1 Å². The Morgan fingerprint density at radius 3 is 2.71 bits per heavy atom. The predicted octanol–water partition coefficient (Wildman–Crippen LogP) is 2.09. The van der Waals surface area contributed by atoms with Gasteiger partial charge >= 0.3 is 0 Å². The van der Waals surface area contributed by atoms with Crippen molar-refractivity contribution in [3.05, 3.63) is 77.9 Å².